The Bertz CT molecular complexity index is 1190. The van der Waals surface area contributed by atoms with Crippen LogP contribution >= 0.6 is 0 Å². The van der Waals surface area contributed by atoms with Gasteiger partial charge in [-0.2, -0.15) is 18.3 Å². The number of carbonyl (C=O) groups excluding carboxylic acids is 2. The number of halogens is 3. The predicted octanol–water partition coefficient (Wildman–Crippen LogP) is 3.75. The molecule has 11 heteroatoms. The second kappa shape index (κ2) is 11.0. The number of alkyl halides is 3. The zero-order valence-corrected chi connectivity index (χ0v) is 21.1. The number of piperidine rings is 1. The second-order valence-electron chi connectivity index (χ2n) is 10.1. The maximum absolute atomic E-state index is 14.0. The van der Waals surface area contributed by atoms with Crippen molar-refractivity contribution in [2.45, 2.75) is 44.3 Å². The van der Waals surface area contributed by atoms with E-state index < -0.39 is 17.6 Å². The van der Waals surface area contributed by atoms with Crippen LogP contribution < -0.4 is 0 Å². The van der Waals surface area contributed by atoms with Gasteiger partial charge in [0.25, 0.3) is 0 Å². The average molecular weight is 533 g/mol. The van der Waals surface area contributed by atoms with Crippen molar-refractivity contribution in [2.75, 3.05) is 19.6 Å². The van der Waals surface area contributed by atoms with E-state index in [2.05, 4.69) is 29.4 Å². The van der Waals surface area contributed by atoms with Crippen LogP contribution in [-0.2, 0) is 28.0 Å². The highest BCUT2D eigenvalue weighted by atomic mass is 19.4. The molecular formula is C27H31F3N4O4. The van der Waals surface area contributed by atoms with Crippen LogP contribution in [0.25, 0.3) is 0 Å². The van der Waals surface area contributed by atoms with E-state index in [1.54, 1.807) is 6.20 Å². The van der Waals surface area contributed by atoms with Gasteiger partial charge in [-0.25, -0.2) is 4.79 Å². The number of nitrogens with zero attached hydrogens (tertiary/aromatic N) is 4. The van der Waals surface area contributed by atoms with Gasteiger partial charge in [0, 0.05) is 57.0 Å². The molecule has 1 aliphatic carbocycles. The van der Waals surface area contributed by atoms with E-state index in [1.807, 2.05) is 45.8 Å². The van der Waals surface area contributed by atoms with Crippen molar-refractivity contribution in [2.24, 2.45) is 18.4 Å². The summed E-state index contributed by atoms with van der Waals surface area (Å²) in [5, 5.41) is 11.5. The lowest BCUT2D eigenvalue weighted by molar-refractivity contribution is -0.192. The van der Waals surface area contributed by atoms with Crippen LogP contribution in [0, 0.1) is 11.3 Å². The fraction of sp³-hybridized carbons (Fsp3) is 0.481. The molecule has 8 nitrogen and oxygen atoms in total. The van der Waals surface area contributed by atoms with Gasteiger partial charge in [0.1, 0.15) is 0 Å². The topological polar surface area (TPSA) is 95.7 Å². The van der Waals surface area contributed by atoms with Gasteiger partial charge in [0.2, 0.25) is 11.8 Å². The Morgan fingerprint density at radius 1 is 1.13 bits per heavy atom. The zero-order valence-electron chi connectivity index (χ0n) is 21.1. The van der Waals surface area contributed by atoms with E-state index in [1.165, 1.54) is 0 Å². The number of likely N-dealkylation sites (tertiary alicyclic amines) is 2. The summed E-state index contributed by atoms with van der Waals surface area (Å²) >= 11 is 0. The Balaban J connectivity index is 0.000000426. The highest BCUT2D eigenvalue weighted by Crippen LogP contribution is 2.50. The summed E-state index contributed by atoms with van der Waals surface area (Å²) in [7, 11) is 1.93. The van der Waals surface area contributed by atoms with Crippen molar-refractivity contribution in [1.82, 2.24) is 19.6 Å². The molecule has 0 bridgehead atoms. The lowest BCUT2D eigenvalue weighted by Crippen LogP contribution is -2.52. The van der Waals surface area contributed by atoms with Gasteiger partial charge >= 0.3 is 12.1 Å². The quantitative estimate of drug-likeness (QED) is 0.606. The average Bonchev–Trinajstić information content (AvgIpc) is 3.63. The lowest BCUT2D eigenvalue weighted by Gasteiger charge is -2.42. The fourth-order valence-corrected chi connectivity index (χ4v) is 5.79. The molecule has 2 fully saturated rings. The zero-order chi connectivity index (χ0) is 27.5. The Labute approximate surface area is 218 Å². The highest BCUT2D eigenvalue weighted by Gasteiger charge is 2.57. The minimum absolute atomic E-state index is 0.0237. The summed E-state index contributed by atoms with van der Waals surface area (Å²) in [6.07, 6.45) is 4.31. The van der Waals surface area contributed by atoms with Crippen LogP contribution in [0.2, 0.25) is 0 Å². The fourth-order valence-electron chi connectivity index (χ4n) is 5.79. The molecular weight excluding hydrogens is 501 g/mol. The number of amides is 2. The minimum Gasteiger partial charge on any atom is -0.475 e. The summed E-state index contributed by atoms with van der Waals surface area (Å²) in [5.41, 5.74) is 1.63. The van der Waals surface area contributed by atoms with Gasteiger partial charge < -0.3 is 14.9 Å². The first kappa shape index (κ1) is 27.4. The number of carbonyl (C=O) groups is 3. The molecule has 2 amide bonds. The number of hydrogen-bond donors (Lipinski definition) is 1. The van der Waals surface area contributed by atoms with E-state index in [9.17, 15) is 22.8 Å². The molecule has 38 heavy (non-hydrogen) atoms. The summed E-state index contributed by atoms with van der Waals surface area (Å²) in [4.78, 5) is 40.2. The number of carboxylic acids is 1. The number of aryl methyl sites for hydroxylation is 1. The Morgan fingerprint density at radius 2 is 1.79 bits per heavy atom. The molecule has 2 aliphatic heterocycles. The third kappa shape index (κ3) is 5.61. The van der Waals surface area contributed by atoms with E-state index in [4.69, 9.17) is 9.90 Å². The number of benzene rings is 1. The van der Waals surface area contributed by atoms with E-state index in [-0.39, 0.29) is 23.7 Å². The maximum Gasteiger partial charge on any atom is 0.490 e. The summed E-state index contributed by atoms with van der Waals surface area (Å²) < 4.78 is 33.6. The molecule has 2 atom stereocenters. The molecule has 1 N–H and O–H groups in total. The van der Waals surface area contributed by atoms with Crippen molar-refractivity contribution in [3.8, 4) is 0 Å². The number of rotatable bonds is 4. The number of allylic oxidation sites excluding steroid dienone is 2. The lowest BCUT2D eigenvalue weighted by atomic mass is 9.70. The van der Waals surface area contributed by atoms with Crippen LogP contribution in [0.15, 0.2) is 54.7 Å². The first-order valence-corrected chi connectivity index (χ1v) is 12.6. The van der Waals surface area contributed by atoms with Gasteiger partial charge in [0.05, 0.1) is 5.41 Å². The summed E-state index contributed by atoms with van der Waals surface area (Å²) in [6.45, 7) is 2.51. The molecule has 3 heterocycles. The van der Waals surface area contributed by atoms with Crippen LogP contribution in [0.3, 0.4) is 0 Å². The smallest absolute Gasteiger partial charge is 0.475 e. The third-order valence-corrected chi connectivity index (χ3v) is 7.65. The number of carboxylic acid groups (broad SMARTS) is 1. The van der Waals surface area contributed by atoms with Gasteiger partial charge in [-0.1, -0.05) is 42.5 Å². The van der Waals surface area contributed by atoms with Crippen molar-refractivity contribution in [1.29, 1.82) is 0 Å². The maximum atomic E-state index is 14.0. The molecule has 1 spiro atoms. The molecule has 2 saturated heterocycles. The Morgan fingerprint density at radius 3 is 2.37 bits per heavy atom. The molecule has 2 aromatic rings. The van der Waals surface area contributed by atoms with Crippen LogP contribution in [0.1, 0.15) is 42.9 Å². The summed E-state index contributed by atoms with van der Waals surface area (Å²) in [5.74, 6) is -2.37. The number of aliphatic carboxylic acids is 1. The second-order valence-corrected chi connectivity index (χ2v) is 10.1. The van der Waals surface area contributed by atoms with E-state index in [0.29, 0.717) is 19.6 Å². The Kier molecular flexibility index (Phi) is 7.94. The van der Waals surface area contributed by atoms with Crippen molar-refractivity contribution >= 4 is 17.8 Å². The van der Waals surface area contributed by atoms with Crippen molar-refractivity contribution in [3.05, 3.63) is 66.0 Å². The largest absolute Gasteiger partial charge is 0.490 e. The molecule has 3 aliphatic rings. The first-order valence-electron chi connectivity index (χ1n) is 12.6. The van der Waals surface area contributed by atoms with Gasteiger partial charge in [-0.3, -0.25) is 14.3 Å². The standard InChI is InChI=1S/C25H30N4O2.C2HF3O2/c1-27-22(12-14-26-27)21-17-29(23(30)20-10-5-6-11-20)18-25(21)13-7-15-28(24(25)31)16-19-8-3-2-4-9-19;3-2(4,5)1(6)7/h2-6,8-9,12,14,20-21H,7,10-11,13,15-18H2,1H3;(H,6,7)/t21-,25+;/m0./s1. The van der Waals surface area contributed by atoms with Crippen molar-refractivity contribution < 1.29 is 32.7 Å². The predicted molar refractivity (Wildman–Crippen MR) is 132 cm³/mol. The summed E-state index contributed by atoms with van der Waals surface area (Å²) in [6, 6.07) is 12.2. The van der Waals surface area contributed by atoms with E-state index >= 15 is 0 Å². The van der Waals surface area contributed by atoms with Crippen LogP contribution in [0.5, 0.6) is 0 Å². The van der Waals surface area contributed by atoms with Gasteiger partial charge in [0.15, 0.2) is 0 Å². The highest BCUT2D eigenvalue weighted by molar-refractivity contribution is 5.88. The molecule has 0 saturated carbocycles. The number of hydrogen-bond acceptors (Lipinski definition) is 4. The molecule has 0 radical (unpaired) electrons. The van der Waals surface area contributed by atoms with E-state index in [0.717, 1.165) is 43.5 Å². The third-order valence-electron chi connectivity index (χ3n) is 7.65. The molecule has 5 rings (SSSR count). The molecule has 204 valence electrons. The monoisotopic (exact) mass is 532 g/mol. The minimum atomic E-state index is -5.08. The molecule has 0 unspecified atom stereocenters. The SMILES string of the molecule is Cn1nccc1[C@@H]1CN(C(=O)C2CC=CC2)C[C@]12CCCN(Cc1ccccc1)C2=O.O=C(O)C(F)(F)F. The normalized spacial score (nSPS) is 23.6. The number of aromatic nitrogens is 2. The van der Waals surface area contributed by atoms with Crippen LogP contribution in [0.4, 0.5) is 13.2 Å². The van der Waals surface area contributed by atoms with Gasteiger partial charge in [-0.05, 0) is 37.3 Å². The van der Waals surface area contributed by atoms with Gasteiger partial charge in [-0.15, -0.1) is 0 Å². The first-order chi connectivity index (χ1) is 18.0. The Hall–Kier alpha value is -3.63. The van der Waals surface area contributed by atoms with Crippen molar-refractivity contribution in [3.63, 3.8) is 0 Å². The molecule has 1 aromatic heterocycles. The molecule has 1 aromatic carbocycles. The van der Waals surface area contributed by atoms with Crippen LogP contribution in [-0.4, -0.2) is 68.3 Å².